The summed E-state index contributed by atoms with van der Waals surface area (Å²) in [5.74, 6) is 2.91. The second-order valence-corrected chi connectivity index (χ2v) is 8.13. The van der Waals surface area contributed by atoms with Gasteiger partial charge in [-0.3, -0.25) is 15.5 Å². The number of nitrogens with zero attached hydrogens (tertiary/aromatic N) is 3. The number of aromatic nitrogens is 3. The third-order valence-corrected chi connectivity index (χ3v) is 6.23. The molecule has 2 aromatic heterocycles. The molecule has 4 rings (SSSR count). The number of hydrogen-bond donors (Lipinski definition) is 3. The van der Waals surface area contributed by atoms with Crippen LogP contribution in [-0.4, -0.2) is 32.6 Å². The van der Waals surface area contributed by atoms with E-state index in [9.17, 15) is 4.79 Å². The number of fused-ring (bicyclic) bond motifs is 3. The van der Waals surface area contributed by atoms with Crippen LogP contribution in [0.5, 0.6) is 0 Å². The third-order valence-electron chi connectivity index (χ3n) is 5.67. The molecular weight excluding hydrogens is 410 g/mol. The SMILES string of the molecule is O=C/C(=C\C=C/NO)CNc1cc(C2CC3CCC2C3)nc2c(Br)cnn12. The number of rotatable bonds is 7. The summed E-state index contributed by atoms with van der Waals surface area (Å²) in [7, 11) is 0. The highest BCUT2D eigenvalue weighted by Crippen LogP contribution is 2.52. The molecule has 0 aliphatic heterocycles. The number of anilines is 1. The molecule has 2 heterocycles. The molecule has 2 saturated carbocycles. The van der Waals surface area contributed by atoms with Gasteiger partial charge in [-0.1, -0.05) is 12.5 Å². The molecule has 27 heavy (non-hydrogen) atoms. The lowest BCUT2D eigenvalue weighted by atomic mass is 9.86. The fourth-order valence-electron chi connectivity index (χ4n) is 4.42. The Morgan fingerprint density at radius 3 is 3.00 bits per heavy atom. The number of carbonyl (C=O) groups excluding carboxylic acids is 1. The first kappa shape index (κ1) is 18.2. The van der Waals surface area contributed by atoms with Crippen molar-refractivity contribution < 1.29 is 10.0 Å². The molecule has 8 heteroatoms. The van der Waals surface area contributed by atoms with Crippen LogP contribution in [0.2, 0.25) is 0 Å². The molecule has 0 radical (unpaired) electrons. The van der Waals surface area contributed by atoms with E-state index in [1.807, 2.05) is 5.48 Å². The Labute approximate surface area is 165 Å². The molecule has 3 N–H and O–H groups in total. The van der Waals surface area contributed by atoms with Crippen LogP contribution in [0.25, 0.3) is 5.65 Å². The molecule has 0 spiro atoms. The summed E-state index contributed by atoms with van der Waals surface area (Å²) in [5, 5.41) is 16.3. The maximum Gasteiger partial charge on any atom is 0.171 e. The zero-order chi connectivity index (χ0) is 18.8. The largest absolute Gasteiger partial charge is 0.366 e. The Morgan fingerprint density at radius 2 is 2.30 bits per heavy atom. The lowest BCUT2D eigenvalue weighted by Crippen LogP contribution is -2.15. The lowest BCUT2D eigenvalue weighted by molar-refractivity contribution is -0.104. The van der Waals surface area contributed by atoms with Gasteiger partial charge in [-0.25, -0.2) is 4.98 Å². The highest BCUT2D eigenvalue weighted by atomic mass is 79.9. The summed E-state index contributed by atoms with van der Waals surface area (Å²) in [6, 6.07) is 2.07. The minimum atomic E-state index is 0.353. The molecule has 2 aliphatic rings. The van der Waals surface area contributed by atoms with Gasteiger partial charge in [0.2, 0.25) is 0 Å². The van der Waals surface area contributed by atoms with E-state index in [4.69, 9.17) is 10.2 Å². The summed E-state index contributed by atoms with van der Waals surface area (Å²) in [6.45, 7) is 0.353. The van der Waals surface area contributed by atoms with Crippen molar-refractivity contribution in [3.8, 4) is 0 Å². The molecular formula is C19H22BrN5O2. The van der Waals surface area contributed by atoms with Crippen molar-refractivity contribution in [2.75, 3.05) is 11.9 Å². The maximum atomic E-state index is 11.3. The second-order valence-electron chi connectivity index (χ2n) is 7.28. The van der Waals surface area contributed by atoms with Crippen LogP contribution in [0.4, 0.5) is 5.82 Å². The van der Waals surface area contributed by atoms with Gasteiger partial charge in [0.05, 0.1) is 10.7 Å². The molecule has 0 aromatic carbocycles. The summed E-state index contributed by atoms with van der Waals surface area (Å²) >= 11 is 3.54. The van der Waals surface area contributed by atoms with E-state index in [1.54, 1.807) is 22.9 Å². The van der Waals surface area contributed by atoms with Crippen LogP contribution in [-0.2, 0) is 4.79 Å². The van der Waals surface area contributed by atoms with E-state index in [1.165, 1.54) is 31.9 Å². The average molecular weight is 432 g/mol. The van der Waals surface area contributed by atoms with Crippen LogP contribution in [0.3, 0.4) is 0 Å². The minimum Gasteiger partial charge on any atom is -0.366 e. The van der Waals surface area contributed by atoms with Crippen LogP contribution >= 0.6 is 15.9 Å². The molecule has 2 aromatic rings. The molecule has 3 atom stereocenters. The fourth-order valence-corrected chi connectivity index (χ4v) is 4.77. The number of allylic oxidation sites excluding steroid dienone is 2. The minimum absolute atomic E-state index is 0.353. The van der Waals surface area contributed by atoms with Gasteiger partial charge < -0.3 is 5.32 Å². The summed E-state index contributed by atoms with van der Waals surface area (Å²) in [6.07, 6.45) is 12.3. The van der Waals surface area contributed by atoms with Gasteiger partial charge in [-0.05, 0) is 53.1 Å². The smallest absolute Gasteiger partial charge is 0.171 e. The molecule has 0 amide bonds. The van der Waals surface area contributed by atoms with E-state index >= 15 is 0 Å². The number of carbonyl (C=O) groups is 1. The molecule has 2 bridgehead atoms. The van der Waals surface area contributed by atoms with Crippen molar-refractivity contribution in [1.29, 1.82) is 0 Å². The molecule has 3 unspecified atom stereocenters. The zero-order valence-electron chi connectivity index (χ0n) is 14.8. The fraction of sp³-hybridized carbons (Fsp3) is 0.421. The van der Waals surface area contributed by atoms with Crippen LogP contribution in [0.15, 0.2) is 40.7 Å². The number of nitrogens with one attached hydrogen (secondary N) is 2. The first-order valence-corrected chi connectivity index (χ1v) is 9.97. The highest BCUT2D eigenvalue weighted by molar-refractivity contribution is 9.10. The van der Waals surface area contributed by atoms with Gasteiger partial charge in [0.1, 0.15) is 12.1 Å². The Kier molecular flexibility index (Phi) is 5.27. The summed E-state index contributed by atoms with van der Waals surface area (Å²) in [4.78, 5) is 16.2. The Bertz CT molecular complexity index is 907. The standard InChI is InChI=1S/C19H22BrN5O2/c20-16-10-22-25-18(21-9-13(11-26)2-1-5-23-27)8-17(24-19(16)25)15-7-12-3-4-14(15)6-12/h1-2,5,8,10-12,14-15,21,23,27H,3-4,6-7,9H2/b5-1-,13-2-. The first-order chi connectivity index (χ1) is 13.2. The third kappa shape index (κ3) is 3.64. The van der Waals surface area contributed by atoms with E-state index in [0.717, 1.165) is 39.8 Å². The van der Waals surface area contributed by atoms with Gasteiger partial charge in [-0.15, -0.1) is 0 Å². The molecule has 7 nitrogen and oxygen atoms in total. The van der Waals surface area contributed by atoms with Crippen LogP contribution in [0.1, 0.15) is 37.3 Å². The molecule has 2 fully saturated rings. The van der Waals surface area contributed by atoms with Gasteiger partial charge >= 0.3 is 0 Å². The topological polar surface area (TPSA) is 91.5 Å². The lowest BCUT2D eigenvalue weighted by Gasteiger charge is -2.22. The van der Waals surface area contributed by atoms with E-state index < -0.39 is 0 Å². The van der Waals surface area contributed by atoms with Crippen molar-refractivity contribution in [2.45, 2.75) is 31.6 Å². The number of halogens is 1. The summed E-state index contributed by atoms with van der Waals surface area (Å²) in [5.41, 5.74) is 4.37. The Balaban J connectivity index is 1.62. The molecule has 142 valence electrons. The highest BCUT2D eigenvalue weighted by Gasteiger charge is 2.41. The van der Waals surface area contributed by atoms with E-state index in [2.05, 4.69) is 32.4 Å². The van der Waals surface area contributed by atoms with Crippen molar-refractivity contribution >= 4 is 33.7 Å². The Hall–Kier alpha value is -2.19. The predicted octanol–water partition coefficient (Wildman–Crippen LogP) is 3.43. The van der Waals surface area contributed by atoms with Crippen LogP contribution < -0.4 is 10.8 Å². The van der Waals surface area contributed by atoms with Gasteiger partial charge in [0, 0.05) is 36.0 Å². The van der Waals surface area contributed by atoms with E-state index in [-0.39, 0.29) is 0 Å². The van der Waals surface area contributed by atoms with Crippen molar-refractivity contribution in [3.05, 3.63) is 46.4 Å². The number of aldehydes is 1. The van der Waals surface area contributed by atoms with Crippen molar-refractivity contribution in [1.82, 2.24) is 20.1 Å². The zero-order valence-corrected chi connectivity index (χ0v) is 16.4. The molecule has 0 saturated heterocycles. The monoisotopic (exact) mass is 431 g/mol. The predicted molar refractivity (Wildman–Crippen MR) is 106 cm³/mol. The second kappa shape index (κ2) is 7.82. The number of hydrogen-bond acceptors (Lipinski definition) is 6. The van der Waals surface area contributed by atoms with Gasteiger partial charge in [0.25, 0.3) is 0 Å². The van der Waals surface area contributed by atoms with Crippen molar-refractivity contribution in [3.63, 3.8) is 0 Å². The average Bonchev–Trinajstić information content (AvgIpc) is 3.40. The normalized spacial score (nSPS) is 24.8. The summed E-state index contributed by atoms with van der Waals surface area (Å²) < 4.78 is 2.62. The quantitative estimate of drug-likeness (QED) is 0.269. The van der Waals surface area contributed by atoms with Crippen molar-refractivity contribution in [2.24, 2.45) is 11.8 Å². The number of hydroxylamine groups is 1. The maximum absolute atomic E-state index is 11.3. The van der Waals surface area contributed by atoms with Crippen LogP contribution in [0, 0.1) is 11.8 Å². The first-order valence-electron chi connectivity index (χ1n) is 9.18. The van der Waals surface area contributed by atoms with E-state index in [0.29, 0.717) is 18.0 Å². The Morgan fingerprint density at radius 1 is 1.41 bits per heavy atom. The van der Waals surface area contributed by atoms with Gasteiger partial charge in [-0.2, -0.15) is 9.61 Å². The van der Waals surface area contributed by atoms with Gasteiger partial charge in [0.15, 0.2) is 5.65 Å². The molecule has 2 aliphatic carbocycles.